The average molecular weight is 267 g/mol. The predicted octanol–water partition coefficient (Wildman–Crippen LogP) is 2.81. The molecular formula is C16H17N3O. The van der Waals surface area contributed by atoms with Gasteiger partial charge in [-0.2, -0.15) is 5.26 Å². The number of ether oxygens (including phenoxy) is 1. The normalized spacial score (nSPS) is 11.7. The van der Waals surface area contributed by atoms with Crippen LogP contribution in [0.3, 0.4) is 0 Å². The number of nitriles is 1. The number of pyridine rings is 1. The minimum atomic E-state index is 0.191. The van der Waals surface area contributed by atoms with Crippen LogP contribution in [0, 0.1) is 11.3 Å². The molecule has 1 N–H and O–H groups in total. The highest BCUT2D eigenvalue weighted by Gasteiger charge is 2.05. The van der Waals surface area contributed by atoms with Crippen LogP contribution in [0.2, 0.25) is 0 Å². The molecule has 0 amide bonds. The first-order chi connectivity index (χ1) is 9.72. The van der Waals surface area contributed by atoms with E-state index in [1.807, 2.05) is 42.5 Å². The molecule has 0 fully saturated rings. The molecule has 4 heteroatoms. The van der Waals surface area contributed by atoms with Crippen molar-refractivity contribution in [3.8, 4) is 11.9 Å². The number of nitrogens with one attached hydrogen (secondary N) is 1. The van der Waals surface area contributed by atoms with Crippen molar-refractivity contribution in [1.29, 1.82) is 5.26 Å². The maximum atomic E-state index is 8.78. The summed E-state index contributed by atoms with van der Waals surface area (Å²) in [5.74, 6) is 0.621. The van der Waals surface area contributed by atoms with Crippen LogP contribution >= 0.6 is 0 Å². The highest BCUT2D eigenvalue weighted by atomic mass is 16.5. The molecule has 1 atom stereocenters. The standard InChI is InChI=1S/C16H17N3O/c1-12(14-8-6-13(10-17)7-9-14)18-11-15-4-3-5-16(19-15)20-2/h3-9,12,18H,11H2,1-2H3. The van der Waals surface area contributed by atoms with Gasteiger partial charge in [0, 0.05) is 18.7 Å². The second-order valence-electron chi connectivity index (χ2n) is 4.51. The molecule has 0 aliphatic carbocycles. The second-order valence-corrected chi connectivity index (χ2v) is 4.51. The van der Waals surface area contributed by atoms with Crippen molar-refractivity contribution in [2.75, 3.05) is 7.11 Å². The van der Waals surface area contributed by atoms with Crippen LogP contribution in [0.15, 0.2) is 42.5 Å². The van der Waals surface area contributed by atoms with Gasteiger partial charge in [0.05, 0.1) is 24.4 Å². The van der Waals surface area contributed by atoms with Crippen molar-refractivity contribution in [2.24, 2.45) is 0 Å². The van der Waals surface area contributed by atoms with E-state index in [4.69, 9.17) is 10.00 Å². The summed E-state index contributed by atoms with van der Waals surface area (Å²) in [7, 11) is 1.61. The second kappa shape index (κ2) is 6.69. The Hall–Kier alpha value is -2.38. The summed E-state index contributed by atoms with van der Waals surface area (Å²) in [6.45, 7) is 2.75. The van der Waals surface area contributed by atoms with Gasteiger partial charge >= 0.3 is 0 Å². The van der Waals surface area contributed by atoms with E-state index in [1.54, 1.807) is 7.11 Å². The Morgan fingerprint density at radius 1 is 1.25 bits per heavy atom. The number of benzene rings is 1. The molecule has 0 spiro atoms. The predicted molar refractivity (Wildman–Crippen MR) is 77.2 cm³/mol. The number of nitrogens with zero attached hydrogens (tertiary/aromatic N) is 2. The van der Waals surface area contributed by atoms with Gasteiger partial charge in [-0.25, -0.2) is 4.98 Å². The van der Waals surface area contributed by atoms with E-state index >= 15 is 0 Å². The molecule has 102 valence electrons. The quantitative estimate of drug-likeness (QED) is 0.905. The zero-order chi connectivity index (χ0) is 14.4. The first-order valence-corrected chi connectivity index (χ1v) is 6.46. The zero-order valence-electron chi connectivity index (χ0n) is 11.6. The lowest BCUT2D eigenvalue weighted by atomic mass is 10.1. The Kier molecular flexibility index (Phi) is 4.70. The summed E-state index contributed by atoms with van der Waals surface area (Å²) in [5.41, 5.74) is 2.76. The molecule has 0 bridgehead atoms. The molecule has 2 aromatic rings. The highest BCUT2D eigenvalue weighted by molar-refractivity contribution is 5.32. The lowest BCUT2D eigenvalue weighted by Crippen LogP contribution is -2.18. The van der Waals surface area contributed by atoms with Gasteiger partial charge < -0.3 is 10.1 Å². The van der Waals surface area contributed by atoms with Crippen LogP contribution in [0.4, 0.5) is 0 Å². The number of aromatic nitrogens is 1. The Balaban J connectivity index is 1.97. The van der Waals surface area contributed by atoms with Gasteiger partial charge in [-0.15, -0.1) is 0 Å². The van der Waals surface area contributed by atoms with Crippen LogP contribution in [0.25, 0.3) is 0 Å². The molecule has 1 heterocycles. The van der Waals surface area contributed by atoms with Gasteiger partial charge in [0.25, 0.3) is 0 Å². The summed E-state index contributed by atoms with van der Waals surface area (Å²) >= 11 is 0. The average Bonchev–Trinajstić information content (AvgIpc) is 2.53. The fourth-order valence-corrected chi connectivity index (χ4v) is 1.89. The molecule has 4 nitrogen and oxygen atoms in total. The number of methoxy groups -OCH3 is 1. The molecule has 0 saturated carbocycles. The maximum absolute atomic E-state index is 8.78. The highest BCUT2D eigenvalue weighted by Crippen LogP contribution is 2.14. The summed E-state index contributed by atoms with van der Waals surface area (Å²) in [6, 6.07) is 15.6. The molecular weight excluding hydrogens is 250 g/mol. The SMILES string of the molecule is COc1cccc(CNC(C)c2ccc(C#N)cc2)n1. The Bertz CT molecular complexity index is 602. The first-order valence-electron chi connectivity index (χ1n) is 6.46. The maximum Gasteiger partial charge on any atom is 0.213 e. The van der Waals surface area contributed by atoms with Crippen molar-refractivity contribution in [1.82, 2.24) is 10.3 Å². The first kappa shape index (κ1) is 14.0. The third kappa shape index (κ3) is 3.56. The lowest BCUT2D eigenvalue weighted by Gasteiger charge is -2.14. The Labute approximate surface area is 119 Å². The van der Waals surface area contributed by atoms with Gasteiger partial charge in [-0.3, -0.25) is 0 Å². The number of hydrogen-bond donors (Lipinski definition) is 1. The van der Waals surface area contributed by atoms with Crippen LogP contribution in [0.5, 0.6) is 5.88 Å². The van der Waals surface area contributed by atoms with Crippen molar-refractivity contribution >= 4 is 0 Å². The molecule has 0 aliphatic rings. The Morgan fingerprint density at radius 3 is 2.65 bits per heavy atom. The summed E-state index contributed by atoms with van der Waals surface area (Å²) in [6.07, 6.45) is 0. The molecule has 1 aromatic heterocycles. The van der Waals surface area contributed by atoms with Crippen LogP contribution in [-0.4, -0.2) is 12.1 Å². The van der Waals surface area contributed by atoms with Crippen molar-refractivity contribution < 1.29 is 4.74 Å². The van der Waals surface area contributed by atoms with Crippen LogP contribution < -0.4 is 10.1 Å². The van der Waals surface area contributed by atoms with Gasteiger partial charge in [0.2, 0.25) is 5.88 Å². The van der Waals surface area contributed by atoms with Crippen molar-refractivity contribution in [3.05, 3.63) is 59.3 Å². The van der Waals surface area contributed by atoms with Crippen molar-refractivity contribution in [2.45, 2.75) is 19.5 Å². The minimum Gasteiger partial charge on any atom is -0.481 e. The number of rotatable bonds is 5. The monoisotopic (exact) mass is 267 g/mol. The lowest BCUT2D eigenvalue weighted by molar-refractivity contribution is 0.395. The van der Waals surface area contributed by atoms with Gasteiger partial charge in [-0.05, 0) is 30.7 Å². The van der Waals surface area contributed by atoms with Gasteiger partial charge in [0.1, 0.15) is 0 Å². The van der Waals surface area contributed by atoms with Crippen LogP contribution in [-0.2, 0) is 6.54 Å². The topological polar surface area (TPSA) is 57.9 Å². The van der Waals surface area contributed by atoms with E-state index < -0.39 is 0 Å². The van der Waals surface area contributed by atoms with Gasteiger partial charge in [0.15, 0.2) is 0 Å². The molecule has 0 saturated heterocycles. The fraction of sp³-hybridized carbons (Fsp3) is 0.250. The largest absolute Gasteiger partial charge is 0.481 e. The third-order valence-electron chi connectivity index (χ3n) is 3.12. The fourth-order valence-electron chi connectivity index (χ4n) is 1.89. The van der Waals surface area contributed by atoms with E-state index in [2.05, 4.69) is 23.3 Å². The van der Waals surface area contributed by atoms with E-state index in [9.17, 15) is 0 Å². The molecule has 2 rings (SSSR count). The van der Waals surface area contributed by atoms with Gasteiger partial charge in [-0.1, -0.05) is 18.2 Å². The Morgan fingerprint density at radius 2 is 2.00 bits per heavy atom. The smallest absolute Gasteiger partial charge is 0.213 e. The molecule has 1 aromatic carbocycles. The summed E-state index contributed by atoms with van der Waals surface area (Å²) < 4.78 is 5.10. The third-order valence-corrected chi connectivity index (χ3v) is 3.12. The van der Waals surface area contributed by atoms with Crippen LogP contribution in [0.1, 0.15) is 29.8 Å². The van der Waals surface area contributed by atoms with E-state index in [1.165, 1.54) is 0 Å². The summed E-state index contributed by atoms with van der Waals surface area (Å²) in [5, 5.41) is 12.2. The number of hydrogen-bond acceptors (Lipinski definition) is 4. The zero-order valence-corrected chi connectivity index (χ0v) is 11.6. The van der Waals surface area contributed by atoms with E-state index in [0.29, 0.717) is 18.0 Å². The minimum absolute atomic E-state index is 0.191. The van der Waals surface area contributed by atoms with E-state index in [-0.39, 0.29) is 6.04 Å². The molecule has 20 heavy (non-hydrogen) atoms. The summed E-state index contributed by atoms with van der Waals surface area (Å²) in [4.78, 5) is 4.36. The molecule has 0 radical (unpaired) electrons. The van der Waals surface area contributed by atoms with Crippen molar-refractivity contribution in [3.63, 3.8) is 0 Å². The molecule has 1 unspecified atom stereocenters. The van der Waals surface area contributed by atoms with E-state index in [0.717, 1.165) is 11.3 Å². The molecule has 0 aliphatic heterocycles.